The summed E-state index contributed by atoms with van der Waals surface area (Å²) in [6, 6.07) is 20.7. The molecule has 1 aromatic heterocycles. The largest absolute Gasteiger partial charge is 0.351 e. The third-order valence-corrected chi connectivity index (χ3v) is 4.64. The minimum absolute atomic E-state index is 0.461. The van der Waals surface area contributed by atoms with Crippen molar-refractivity contribution in [3.05, 3.63) is 60.7 Å². The molecule has 3 aromatic rings. The Morgan fingerprint density at radius 2 is 1.16 bits per heavy atom. The van der Waals surface area contributed by atoms with E-state index in [1.807, 2.05) is 60.7 Å². The maximum absolute atomic E-state index is 4.70. The second-order valence-electron chi connectivity index (χ2n) is 6.52. The quantitative estimate of drug-likeness (QED) is 0.735. The topological polar surface area (TPSA) is 50.7 Å². The summed E-state index contributed by atoms with van der Waals surface area (Å²) in [5, 5.41) is 3.54. The van der Waals surface area contributed by atoms with Crippen molar-refractivity contribution >= 4 is 5.95 Å². The summed E-state index contributed by atoms with van der Waals surface area (Å²) in [6.45, 7) is 0. The van der Waals surface area contributed by atoms with Gasteiger partial charge in [0.2, 0.25) is 5.95 Å². The van der Waals surface area contributed by atoms with Crippen LogP contribution in [0.5, 0.6) is 0 Å². The minimum atomic E-state index is 0.461. The number of benzene rings is 2. The molecule has 2 aromatic carbocycles. The molecule has 0 saturated heterocycles. The maximum atomic E-state index is 4.70. The Morgan fingerprint density at radius 3 is 1.68 bits per heavy atom. The molecule has 1 fully saturated rings. The fraction of sp³-hybridized carbons (Fsp3) is 0.286. The normalized spacial score (nSPS) is 15.0. The Bertz CT molecular complexity index is 754. The Kier molecular flexibility index (Phi) is 4.68. The zero-order chi connectivity index (χ0) is 16.9. The lowest BCUT2D eigenvalue weighted by molar-refractivity contribution is 0.461. The molecule has 0 bridgehead atoms. The Morgan fingerprint density at radius 1 is 0.640 bits per heavy atom. The molecule has 0 atom stereocenters. The van der Waals surface area contributed by atoms with Gasteiger partial charge in [0.1, 0.15) is 0 Å². The SMILES string of the molecule is c1ccc(-c2nc(NC3CCCCC3)nc(-c3ccccc3)n2)cc1. The molecule has 0 aliphatic heterocycles. The lowest BCUT2D eigenvalue weighted by Gasteiger charge is -2.23. The maximum Gasteiger partial charge on any atom is 0.227 e. The van der Waals surface area contributed by atoms with Crippen LogP contribution in [-0.2, 0) is 0 Å². The fourth-order valence-corrected chi connectivity index (χ4v) is 3.30. The summed E-state index contributed by atoms with van der Waals surface area (Å²) in [7, 11) is 0. The molecule has 4 nitrogen and oxygen atoms in total. The first-order valence-electron chi connectivity index (χ1n) is 9.02. The fourth-order valence-electron chi connectivity index (χ4n) is 3.30. The molecule has 1 aliphatic rings. The number of hydrogen-bond donors (Lipinski definition) is 1. The number of hydrogen-bond acceptors (Lipinski definition) is 4. The van der Waals surface area contributed by atoms with Gasteiger partial charge in [-0.1, -0.05) is 79.9 Å². The molecule has 25 heavy (non-hydrogen) atoms. The van der Waals surface area contributed by atoms with Crippen molar-refractivity contribution in [1.29, 1.82) is 0 Å². The highest BCUT2D eigenvalue weighted by Crippen LogP contribution is 2.24. The van der Waals surface area contributed by atoms with Gasteiger partial charge in [-0.15, -0.1) is 0 Å². The monoisotopic (exact) mass is 330 g/mol. The van der Waals surface area contributed by atoms with Crippen LogP contribution in [0.3, 0.4) is 0 Å². The second kappa shape index (κ2) is 7.43. The van der Waals surface area contributed by atoms with Crippen LogP contribution in [0, 0.1) is 0 Å². The van der Waals surface area contributed by atoms with Crippen molar-refractivity contribution in [2.45, 2.75) is 38.1 Å². The zero-order valence-corrected chi connectivity index (χ0v) is 14.2. The van der Waals surface area contributed by atoms with Gasteiger partial charge in [0, 0.05) is 17.2 Å². The summed E-state index contributed by atoms with van der Waals surface area (Å²) in [5.41, 5.74) is 2.02. The Hall–Kier alpha value is -2.75. The number of rotatable bonds is 4. The van der Waals surface area contributed by atoms with Gasteiger partial charge in [-0.05, 0) is 12.8 Å². The molecule has 1 heterocycles. The first kappa shape index (κ1) is 15.8. The van der Waals surface area contributed by atoms with Gasteiger partial charge in [0.25, 0.3) is 0 Å². The molecule has 0 spiro atoms. The van der Waals surface area contributed by atoms with Crippen LogP contribution in [0.4, 0.5) is 5.95 Å². The average Bonchev–Trinajstić information content (AvgIpc) is 2.70. The van der Waals surface area contributed by atoms with Gasteiger partial charge in [-0.2, -0.15) is 9.97 Å². The lowest BCUT2D eigenvalue weighted by Crippen LogP contribution is -2.23. The van der Waals surface area contributed by atoms with Crippen LogP contribution in [0.1, 0.15) is 32.1 Å². The summed E-state index contributed by atoms with van der Waals surface area (Å²) in [6.07, 6.45) is 6.26. The van der Waals surface area contributed by atoms with Gasteiger partial charge in [-0.25, -0.2) is 4.98 Å². The van der Waals surface area contributed by atoms with Crippen molar-refractivity contribution in [3.63, 3.8) is 0 Å². The number of nitrogens with one attached hydrogen (secondary N) is 1. The molecule has 126 valence electrons. The van der Waals surface area contributed by atoms with Gasteiger partial charge >= 0.3 is 0 Å². The summed E-state index contributed by atoms with van der Waals surface area (Å²) in [4.78, 5) is 14.1. The van der Waals surface area contributed by atoms with Crippen molar-refractivity contribution < 1.29 is 0 Å². The van der Waals surface area contributed by atoms with E-state index in [1.165, 1.54) is 32.1 Å². The summed E-state index contributed by atoms with van der Waals surface area (Å²) >= 11 is 0. The van der Waals surface area contributed by atoms with E-state index in [-0.39, 0.29) is 0 Å². The van der Waals surface area contributed by atoms with E-state index in [9.17, 15) is 0 Å². The standard InChI is InChI=1S/C21H22N4/c1-4-10-16(11-5-1)19-23-20(17-12-6-2-7-13-17)25-21(24-19)22-18-14-8-3-9-15-18/h1-2,4-7,10-13,18H,3,8-9,14-15H2,(H,22,23,24,25). The van der Waals surface area contributed by atoms with Gasteiger partial charge < -0.3 is 5.32 Å². The molecule has 1 saturated carbocycles. The van der Waals surface area contributed by atoms with E-state index in [0.717, 1.165) is 11.1 Å². The smallest absolute Gasteiger partial charge is 0.227 e. The van der Waals surface area contributed by atoms with Crippen molar-refractivity contribution in [2.75, 3.05) is 5.32 Å². The van der Waals surface area contributed by atoms with Gasteiger partial charge in [-0.3, -0.25) is 0 Å². The Balaban J connectivity index is 1.72. The average molecular weight is 330 g/mol. The molecule has 1 N–H and O–H groups in total. The zero-order valence-electron chi connectivity index (χ0n) is 14.2. The summed E-state index contributed by atoms with van der Waals surface area (Å²) in [5.74, 6) is 2.11. The number of aromatic nitrogens is 3. The van der Waals surface area contributed by atoms with Crippen molar-refractivity contribution in [1.82, 2.24) is 15.0 Å². The van der Waals surface area contributed by atoms with Crippen LogP contribution in [0.2, 0.25) is 0 Å². The molecular formula is C21H22N4. The molecule has 0 unspecified atom stereocenters. The molecule has 4 heteroatoms. The van der Waals surface area contributed by atoms with E-state index in [4.69, 9.17) is 4.98 Å². The highest BCUT2D eigenvalue weighted by atomic mass is 15.2. The van der Waals surface area contributed by atoms with E-state index in [1.54, 1.807) is 0 Å². The Labute approximate surface area is 148 Å². The second-order valence-corrected chi connectivity index (χ2v) is 6.52. The van der Waals surface area contributed by atoms with E-state index < -0.39 is 0 Å². The molecule has 0 radical (unpaired) electrons. The number of anilines is 1. The molecular weight excluding hydrogens is 308 g/mol. The first-order chi connectivity index (χ1) is 12.4. The van der Waals surface area contributed by atoms with E-state index >= 15 is 0 Å². The van der Waals surface area contributed by atoms with Crippen LogP contribution in [0.25, 0.3) is 22.8 Å². The van der Waals surface area contributed by atoms with Crippen molar-refractivity contribution in [2.24, 2.45) is 0 Å². The first-order valence-corrected chi connectivity index (χ1v) is 9.02. The van der Waals surface area contributed by atoms with Crippen LogP contribution in [-0.4, -0.2) is 21.0 Å². The third kappa shape index (κ3) is 3.85. The van der Waals surface area contributed by atoms with Crippen LogP contribution in [0.15, 0.2) is 60.7 Å². The van der Waals surface area contributed by atoms with Crippen LogP contribution < -0.4 is 5.32 Å². The van der Waals surface area contributed by atoms with Gasteiger partial charge in [0.15, 0.2) is 11.6 Å². The lowest BCUT2D eigenvalue weighted by atomic mass is 9.96. The predicted octanol–water partition coefficient (Wildman–Crippen LogP) is 4.95. The van der Waals surface area contributed by atoms with Gasteiger partial charge in [0.05, 0.1) is 0 Å². The van der Waals surface area contributed by atoms with E-state index in [0.29, 0.717) is 23.6 Å². The minimum Gasteiger partial charge on any atom is -0.351 e. The highest BCUT2D eigenvalue weighted by Gasteiger charge is 2.16. The molecule has 1 aliphatic carbocycles. The van der Waals surface area contributed by atoms with Crippen molar-refractivity contribution in [3.8, 4) is 22.8 Å². The van der Waals surface area contributed by atoms with Crippen LogP contribution >= 0.6 is 0 Å². The molecule has 0 amide bonds. The summed E-state index contributed by atoms with van der Waals surface area (Å²) < 4.78 is 0. The predicted molar refractivity (Wildman–Crippen MR) is 101 cm³/mol. The molecule has 4 rings (SSSR count). The highest BCUT2D eigenvalue weighted by molar-refractivity contribution is 5.62. The number of nitrogens with zero attached hydrogens (tertiary/aromatic N) is 3. The van der Waals surface area contributed by atoms with E-state index in [2.05, 4.69) is 15.3 Å². The third-order valence-electron chi connectivity index (χ3n) is 4.64.